The van der Waals surface area contributed by atoms with Crippen LogP contribution in [0.2, 0.25) is 0 Å². The average Bonchev–Trinajstić information content (AvgIpc) is 3.00. The average molecular weight is 332 g/mol. The Morgan fingerprint density at radius 2 is 2.20 bits per heavy atom. The Bertz CT molecular complexity index is 700. The molecule has 0 saturated heterocycles. The van der Waals surface area contributed by atoms with Gasteiger partial charge in [0.2, 0.25) is 0 Å². The van der Waals surface area contributed by atoms with Gasteiger partial charge in [-0.1, -0.05) is 34.1 Å². The Kier molecular flexibility index (Phi) is 3.49. The highest BCUT2D eigenvalue weighted by Crippen LogP contribution is 2.34. The third-order valence-corrected chi connectivity index (χ3v) is 3.98. The van der Waals surface area contributed by atoms with Crippen LogP contribution in [0.1, 0.15) is 33.7 Å². The number of carbonyl (C=O) groups is 1. The minimum Gasteiger partial charge on any atom is -0.464 e. The smallest absolute Gasteiger partial charge is 0.354 e. The number of aromatic nitrogens is 1. The van der Waals surface area contributed by atoms with Crippen LogP contribution in [0.5, 0.6) is 0 Å². The number of esters is 1. The number of allylic oxidation sites excluding steroid dienone is 1. The van der Waals surface area contributed by atoms with Crippen molar-refractivity contribution in [1.82, 2.24) is 4.98 Å². The van der Waals surface area contributed by atoms with E-state index in [4.69, 9.17) is 4.74 Å². The molecule has 2 aromatic rings. The minimum absolute atomic E-state index is 0.318. The summed E-state index contributed by atoms with van der Waals surface area (Å²) in [7, 11) is 1.40. The summed E-state index contributed by atoms with van der Waals surface area (Å²) in [5.74, 6) is -0.318. The van der Waals surface area contributed by atoms with Gasteiger partial charge in [0.25, 0.3) is 0 Å². The molecule has 0 unspecified atom stereocenters. The highest BCUT2D eigenvalue weighted by molar-refractivity contribution is 9.10. The SMILES string of the molecule is COC(=O)c1cc2c([nH]1)CCC2=Cc1cccc(Br)c1. The van der Waals surface area contributed by atoms with Gasteiger partial charge in [-0.2, -0.15) is 0 Å². The molecule has 1 aromatic heterocycles. The van der Waals surface area contributed by atoms with E-state index in [1.807, 2.05) is 18.2 Å². The van der Waals surface area contributed by atoms with Crippen LogP contribution in [0.15, 0.2) is 34.8 Å². The summed E-state index contributed by atoms with van der Waals surface area (Å²) in [6.45, 7) is 0. The molecule has 0 amide bonds. The maximum Gasteiger partial charge on any atom is 0.354 e. The lowest BCUT2D eigenvalue weighted by Crippen LogP contribution is -2.01. The molecule has 1 N–H and O–H groups in total. The van der Waals surface area contributed by atoms with Gasteiger partial charge in [-0.25, -0.2) is 4.79 Å². The lowest BCUT2D eigenvalue weighted by molar-refractivity contribution is 0.0594. The first-order valence-electron chi connectivity index (χ1n) is 6.44. The van der Waals surface area contributed by atoms with Crippen molar-refractivity contribution < 1.29 is 9.53 Å². The molecule has 0 radical (unpaired) electrons. The molecule has 0 saturated carbocycles. The van der Waals surface area contributed by atoms with Crippen LogP contribution in [0.4, 0.5) is 0 Å². The fourth-order valence-corrected chi connectivity index (χ4v) is 2.96. The second-order valence-electron chi connectivity index (χ2n) is 4.79. The highest BCUT2D eigenvalue weighted by atomic mass is 79.9. The first-order valence-corrected chi connectivity index (χ1v) is 7.23. The molecule has 1 aliphatic carbocycles. The maximum absolute atomic E-state index is 11.5. The van der Waals surface area contributed by atoms with Gasteiger partial charge >= 0.3 is 5.97 Å². The summed E-state index contributed by atoms with van der Waals surface area (Å²) in [5, 5.41) is 0. The van der Waals surface area contributed by atoms with Crippen molar-refractivity contribution in [3.8, 4) is 0 Å². The number of carbonyl (C=O) groups excluding carboxylic acids is 1. The Hall–Kier alpha value is -1.81. The Labute approximate surface area is 125 Å². The third-order valence-electron chi connectivity index (χ3n) is 3.48. The van der Waals surface area contributed by atoms with E-state index in [0.29, 0.717) is 5.69 Å². The first-order chi connectivity index (χ1) is 9.67. The molecule has 3 nitrogen and oxygen atoms in total. The molecule has 1 aliphatic rings. The van der Waals surface area contributed by atoms with Crippen molar-refractivity contribution >= 4 is 33.5 Å². The highest BCUT2D eigenvalue weighted by Gasteiger charge is 2.21. The van der Waals surface area contributed by atoms with E-state index < -0.39 is 0 Å². The standard InChI is InChI=1S/C16H14BrNO2/c1-20-16(19)15-9-13-11(5-6-14(13)18-15)7-10-3-2-4-12(17)8-10/h2-4,7-9,18H,5-6H2,1H3. The van der Waals surface area contributed by atoms with Gasteiger partial charge < -0.3 is 9.72 Å². The van der Waals surface area contributed by atoms with E-state index in [0.717, 1.165) is 34.1 Å². The number of halogens is 1. The second kappa shape index (κ2) is 5.29. The Morgan fingerprint density at radius 3 is 2.95 bits per heavy atom. The van der Waals surface area contributed by atoms with Crippen molar-refractivity contribution in [2.45, 2.75) is 12.8 Å². The molecule has 3 rings (SSSR count). The van der Waals surface area contributed by atoms with Gasteiger partial charge in [-0.05, 0) is 47.7 Å². The van der Waals surface area contributed by atoms with E-state index in [2.05, 4.69) is 39.1 Å². The van der Waals surface area contributed by atoms with E-state index >= 15 is 0 Å². The summed E-state index contributed by atoms with van der Waals surface area (Å²) in [6, 6.07) is 10.1. The van der Waals surface area contributed by atoms with Gasteiger partial charge in [-0.3, -0.25) is 0 Å². The van der Waals surface area contributed by atoms with Crippen LogP contribution in [-0.4, -0.2) is 18.1 Å². The number of nitrogens with one attached hydrogen (secondary N) is 1. The lowest BCUT2D eigenvalue weighted by atomic mass is 10.1. The summed E-state index contributed by atoms with van der Waals surface area (Å²) < 4.78 is 5.81. The quantitative estimate of drug-likeness (QED) is 0.843. The number of rotatable bonds is 2. The summed E-state index contributed by atoms with van der Waals surface area (Å²) >= 11 is 3.48. The van der Waals surface area contributed by atoms with Crippen LogP contribution in [-0.2, 0) is 11.2 Å². The number of ether oxygens (including phenoxy) is 1. The van der Waals surface area contributed by atoms with Crippen molar-refractivity contribution in [3.63, 3.8) is 0 Å². The number of H-pyrrole nitrogens is 1. The molecule has 0 spiro atoms. The summed E-state index contributed by atoms with van der Waals surface area (Å²) in [4.78, 5) is 14.7. The largest absolute Gasteiger partial charge is 0.464 e. The van der Waals surface area contributed by atoms with Crippen LogP contribution in [0, 0.1) is 0 Å². The van der Waals surface area contributed by atoms with Gasteiger partial charge in [0, 0.05) is 10.2 Å². The molecule has 0 bridgehead atoms. The predicted molar refractivity (Wildman–Crippen MR) is 82.5 cm³/mol. The number of benzene rings is 1. The zero-order valence-electron chi connectivity index (χ0n) is 11.1. The van der Waals surface area contributed by atoms with Crippen molar-refractivity contribution in [3.05, 3.63) is 57.3 Å². The number of aromatic amines is 1. The Balaban J connectivity index is 1.96. The molecule has 4 heteroatoms. The molecular formula is C16H14BrNO2. The number of hydrogen-bond acceptors (Lipinski definition) is 2. The van der Waals surface area contributed by atoms with E-state index in [1.165, 1.54) is 12.7 Å². The maximum atomic E-state index is 11.5. The van der Waals surface area contributed by atoms with Gasteiger partial charge in [0.05, 0.1) is 7.11 Å². The third kappa shape index (κ3) is 2.43. The molecule has 0 atom stereocenters. The Morgan fingerprint density at radius 1 is 1.35 bits per heavy atom. The topological polar surface area (TPSA) is 42.1 Å². The molecule has 20 heavy (non-hydrogen) atoms. The number of fused-ring (bicyclic) bond motifs is 1. The molecule has 0 fully saturated rings. The first kappa shape index (κ1) is 13.2. The molecule has 102 valence electrons. The van der Waals surface area contributed by atoms with Crippen LogP contribution in [0.25, 0.3) is 11.6 Å². The van der Waals surface area contributed by atoms with Crippen molar-refractivity contribution in [2.75, 3.05) is 7.11 Å². The second-order valence-corrected chi connectivity index (χ2v) is 5.71. The number of aryl methyl sites for hydroxylation is 1. The zero-order chi connectivity index (χ0) is 14.1. The van der Waals surface area contributed by atoms with Crippen molar-refractivity contribution in [2.24, 2.45) is 0 Å². The van der Waals surface area contributed by atoms with Crippen LogP contribution < -0.4 is 0 Å². The molecule has 1 heterocycles. The van der Waals surface area contributed by atoms with Gasteiger partial charge in [0.15, 0.2) is 0 Å². The minimum atomic E-state index is -0.318. The fraction of sp³-hybridized carbons (Fsp3) is 0.188. The number of methoxy groups -OCH3 is 1. The van der Waals surface area contributed by atoms with Gasteiger partial charge in [-0.15, -0.1) is 0 Å². The van der Waals surface area contributed by atoms with E-state index in [-0.39, 0.29) is 5.97 Å². The fourth-order valence-electron chi connectivity index (χ4n) is 2.54. The normalized spacial score (nSPS) is 15.4. The number of hydrogen-bond donors (Lipinski definition) is 1. The lowest BCUT2D eigenvalue weighted by Gasteiger charge is -2.00. The van der Waals surface area contributed by atoms with Crippen LogP contribution >= 0.6 is 15.9 Å². The van der Waals surface area contributed by atoms with E-state index in [1.54, 1.807) is 0 Å². The summed E-state index contributed by atoms with van der Waals surface area (Å²) in [6.07, 6.45) is 4.10. The van der Waals surface area contributed by atoms with Gasteiger partial charge in [0.1, 0.15) is 5.69 Å². The molecule has 0 aliphatic heterocycles. The zero-order valence-corrected chi connectivity index (χ0v) is 12.7. The molecule has 1 aromatic carbocycles. The monoisotopic (exact) mass is 331 g/mol. The van der Waals surface area contributed by atoms with Crippen molar-refractivity contribution in [1.29, 1.82) is 0 Å². The van der Waals surface area contributed by atoms with Crippen LogP contribution in [0.3, 0.4) is 0 Å². The summed E-state index contributed by atoms with van der Waals surface area (Å²) in [5.41, 5.74) is 5.18. The predicted octanol–water partition coefficient (Wildman–Crippen LogP) is 4.05. The van der Waals surface area contributed by atoms with E-state index in [9.17, 15) is 4.79 Å². The molecular weight excluding hydrogens is 318 g/mol.